The molecule has 152 valence electrons. The second-order valence-electron chi connectivity index (χ2n) is 6.73. The smallest absolute Gasteiger partial charge is 0.338 e. The van der Waals surface area contributed by atoms with Gasteiger partial charge in [-0.15, -0.1) is 11.3 Å². The Hall–Kier alpha value is -2.75. The van der Waals surface area contributed by atoms with Crippen LogP contribution >= 0.6 is 11.3 Å². The van der Waals surface area contributed by atoms with Crippen molar-refractivity contribution in [2.75, 3.05) is 13.1 Å². The van der Waals surface area contributed by atoms with Crippen molar-refractivity contribution in [2.24, 2.45) is 0 Å². The number of benzene rings is 1. The van der Waals surface area contributed by atoms with E-state index in [2.05, 4.69) is 10.1 Å². The van der Waals surface area contributed by atoms with Crippen molar-refractivity contribution in [3.63, 3.8) is 0 Å². The first-order chi connectivity index (χ1) is 13.8. The van der Waals surface area contributed by atoms with Crippen molar-refractivity contribution in [1.82, 2.24) is 19.7 Å². The molecule has 3 aromatic rings. The van der Waals surface area contributed by atoms with Crippen LogP contribution in [0.25, 0.3) is 5.69 Å². The minimum Gasteiger partial charge on any atom is -0.338 e. The molecule has 1 aliphatic heterocycles. The molecule has 10 heteroatoms. The van der Waals surface area contributed by atoms with Gasteiger partial charge in [0.05, 0.1) is 16.9 Å². The number of hydrogen-bond acceptors (Lipinski definition) is 4. The summed E-state index contributed by atoms with van der Waals surface area (Å²) in [4.78, 5) is 17.9. The number of carbonyl (C=O) groups excluding carboxylic acids is 1. The maximum Gasteiger partial charge on any atom is 0.434 e. The van der Waals surface area contributed by atoms with Gasteiger partial charge in [-0.1, -0.05) is 18.2 Å². The van der Waals surface area contributed by atoms with Crippen LogP contribution < -0.4 is 0 Å². The Kier molecular flexibility index (Phi) is 5.12. The molecule has 4 rings (SSSR count). The molecule has 0 atom stereocenters. The number of hydrogen-bond donors (Lipinski definition) is 0. The molecule has 29 heavy (non-hydrogen) atoms. The number of likely N-dealkylation sites (tertiary alicyclic amines) is 1. The lowest BCUT2D eigenvalue weighted by molar-refractivity contribution is -0.140. The lowest BCUT2D eigenvalue weighted by atomic mass is 9.97. The largest absolute Gasteiger partial charge is 0.434 e. The molecule has 1 amide bonds. The summed E-state index contributed by atoms with van der Waals surface area (Å²) >= 11 is 0.984. The first-order valence-corrected chi connectivity index (χ1v) is 9.83. The predicted molar refractivity (Wildman–Crippen MR) is 98.5 cm³/mol. The highest BCUT2D eigenvalue weighted by molar-refractivity contribution is 7.09. The number of carbonyl (C=O) groups is 1. The fraction of sp³-hybridized carbons (Fsp3) is 0.316. The van der Waals surface area contributed by atoms with Crippen molar-refractivity contribution >= 4 is 17.2 Å². The molecule has 0 unspecified atom stereocenters. The number of nitrogens with zero attached hydrogens (tertiary/aromatic N) is 4. The van der Waals surface area contributed by atoms with Crippen molar-refractivity contribution < 1.29 is 22.4 Å². The maximum absolute atomic E-state index is 14.7. The van der Waals surface area contributed by atoms with E-state index in [-0.39, 0.29) is 11.5 Å². The lowest BCUT2D eigenvalue weighted by Gasteiger charge is -2.30. The van der Waals surface area contributed by atoms with E-state index in [1.54, 1.807) is 30.3 Å². The third-order valence-corrected chi connectivity index (χ3v) is 5.89. The Balaban J connectivity index is 1.43. The summed E-state index contributed by atoms with van der Waals surface area (Å²) < 4.78 is 54.0. The average Bonchev–Trinajstić information content (AvgIpc) is 3.35. The topological polar surface area (TPSA) is 51.0 Å². The Bertz CT molecular complexity index is 1010. The second-order valence-corrected chi connectivity index (χ2v) is 7.62. The number of para-hydroxylation sites is 1. The van der Waals surface area contributed by atoms with Gasteiger partial charge in [0, 0.05) is 24.4 Å². The average molecular weight is 424 g/mol. The van der Waals surface area contributed by atoms with Crippen molar-refractivity contribution in [2.45, 2.75) is 24.9 Å². The maximum atomic E-state index is 14.7. The minimum atomic E-state index is -4.46. The first-order valence-electron chi connectivity index (χ1n) is 8.95. The van der Waals surface area contributed by atoms with Crippen molar-refractivity contribution in [3.8, 4) is 5.69 Å². The van der Waals surface area contributed by atoms with Gasteiger partial charge < -0.3 is 4.90 Å². The molecule has 1 aliphatic rings. The van der Waals surface area contributed by atoms with Gasteiger partial charge in [0.15, 0.2) is 5.69 Å². The van der Waals surface area contributed by atoms with E-state index in [1.807, 2.05) is 0 Å². The third-order valence-electron chi connectivity index (χ3n) is 4.89. The summed E-state index contributed by atoms with van der Waals surface area (Å²) in [6, 6.07) is 8.64. The highest BCUT2D eigenvalue weighted by Crippen LogP contribution is 2.35. The molecule has 0 spiro atoms. The fourth-order valence-corrected chi connectivity index (χ4v) is 4.33. The van der Waals surface area contributed by atoms with Gasteiger partial charge in [0.1, 0.15) is 5.56 Å². The van der Waals surface area contributed by atoms with Gasteiger partial charge in [-0.3, -0.25) is 4.79 Å². The summed E-state index contributed by atoms with van der Waals surface area (Å²) in [5.74, 6) is -1.35. The molecular weight excluding hydrogens is 408 g/mol. The second kappa shape index (κ2) is 7.58. The van der Waals surface area contributed by atoms with Crippen LogP contribution in [-0.2, 0) is 6.18 Å². The van der Waals surface area contributed by atoms with E-state index in [4.69, 9.17) is 0 Å². The molecular formula is C19H16F4N4OS. The van der Waals surface area contributed by atoms with Crippen molar-refractivity contribution in [3.05, 3.63) is 64.1 Å². The number of alkyl halides is 3. The number of thiazole rings is 1. The number of piperidine rings is 1. The summed E-state index contributed by atoms with van der Waals surface area (Å²) in [6.07, 6.45) is -2.30. The fourth-order valence-electron chi connectivity index (χ4n) is 3.33. The molecule has 0 radical (unpaired) electrons. The van der Waals surface area contributed by atoms with Crippen LogP contribution in [0.5, 0.6) is 0 Å². The normalized spacial score (nSPS) is 15.7. The summed E-state index contributed by atoms with van der Waals surface area (Å²) in [5, 5.41) is 5.41. The number of rotatable bonds is 3. The van der Waals surface area contributed by atoms with Gasteiger partial charge in [-0.2, -0.15) is 22.7 Å². The Morgan fingerprint density at radius 2 is 1.83 bits per heavy atom. The molecule has 0 N–H and O–H groups in total. The van der Waals surface area contributed by atoms with Crippen LogP contribution in [0.15, 0.2) is 41.9 Å². The summed E-state index contributed by atoms with van der Waals surface area (Å²) in [5.41, 5.74) is -0.501. The van der Waals surface area contributed by atoms with E-state index in [0.717, 1.165) is 21.4 Å². The van der Waals surface area contributed by atoms with Gasteiger partial charge >= 0.3 is 6.18 Å². The zero-order chi connectivity index (χ0) is 20.6. The Morgan fingerprint density at radius 1 is 1.14 bits per heavy atom. The van der Waals surface area contributed by atoms with E-state index < -0.39 is 23.7 Å². The quantitative estimate of drug-likeness (QED) is 0.582. The summed E-state index contributed by atoms with van der Waals surface area (Å²) in [7, 11) is 0. The first kappa shape index (κ1) is 19.6. The summed E-state index contributed by atoms with van der Waals surface area (Å²) in [6.45, 7) is 0.640. The molecule has 1 aromatic carbocycles. The van der Waals surface area contributed by atoms with Crippen LogP contribution in [-0.4, -0.2) is 38.7 Å². The van der Waals surface area contributed by atoms with E-state index in [0.29, 0.717) is 36.6 Å². The van der Waals surface area contributed by atoms with Crippen LogP contribution in [0, 0.1) is 5.95 Å². The molecule has 1 saturated heterocycles. The van der Waals surface area contributed by atoms with Gasteiger partial charge in [-0.05, 0) is 25.0 Å². The molecule has 0 saturated carbocycles. The van der Waals surface area contributed by atoms with E-state index in [9.17, 15) is 22.4 Å². The van der Waals surface area contributed by atoms with Crippen molar-refractivity contribution in [1.29, 1.82) is 0 Å². The Morgan fingerprint density at radius 3 is 2.45 bits per heavy atom. The molecule has 2 aromatic heterocycles. The zero-order valence-electron chi connectivity index (χ0n) is 15.1. The number of aromatic nitrogens is 3. The van der Waals surface area contributed by atoms with Crippen LogP contribution in [0.4, 0.5) is 17.6 Å². The van der Waals surface area contributed by atoms with Gasteiger partial charge in [-0.25, -0.2) is 9.67 Å². The van der Waals surface area contributed by atoms with Crippen LogP contribution in [0.1, 0.15) is 39.8 Å². The van der Waals surface area contributed by atoms with E-state index >= 15 is 0 Å². The predicted octanol–water partition coefficient (Wildman–Crippen LogP) is 4.51. The van der Waals surface area contributed by atoms with Crippen LogP contribution in [0.3, 0.4) is 0 Å². The zero-order valence-corrected chi connectivity index (χ0v) is 15.9. The highest BCUT2D eigenvalue weighted by atomic mass is 32.1. The highest BCUT2D eigenvalue weighted by Gasteiger charge is 2.35. The minimum absolute atomic E-state index is 0.124. The lowest BCUT2D eigenvalue weighted by Crippen LogP contribution is -2.38. The van der Waals surface area contributed by atoms with Crippen LogP contribution in [0.2, 0.25) is 0 Å². The van der Waals surface area contributed by atoms with Gasteiger partial charge in [0.2, 0.25) is 5.95 Å². The SMILES string of the molecule is O=C(c1cnn(-c2ccccc2)c1F)N1CCC(c2nc(C(F)(F)F)cs2)CC1. The molecule has 5 nitrogen and oxygen atoms in total. The number of halogens is 4. The molecule has 3 heterocycles. The molecule has 0 aliphatic carbocycles. The standard InChI is InChI=1S/C19H16F4N4OS/c20-16-14(10-24-27(16)13-4-2-1-3-5-13)18(28)26-8-6-12(7-9-26)17-25-15(11-29-17)19(21,22)23/h1-5,10-12H,6-9H2. The Labute approximate surface area is 167 Å². The van der Waals surface area contributed by atoms with E-state index in [1.165, 1.54) is 11.1 Å². The number of amides is 1. The molecule has 1 fully saturated rings. The monoisotopic (exact) mass is 424 g/mol. The van der Waals surface area contributed by atoms with Gasteiger partial charge in [0.25, 0.3) is 5.91 Å². The molecule has 0 bridgehead atoms. The third kappa shape index (κ3) is 3.89.